The second-order valence-corrected chi connectivity index (χ2v) is 6.45. The summed E-state index contributed by atoms with van der Waals surface area (Å²) in [5.41, 5.74) is 0.987. The number of carbonyl (C=O) groups excluding carboxylic acids is 2. The maximum Gasteiger partial charge on any atom is 0.277 e. The first-order valence-electron chi connectivity index (χ1n) is 7.80. The van der Waals surface area contributed by atoms with E-state index in [1.165, 1.54) is 4.90 Å². The Morgan fingerprint density at radius 3 is 2.50 bits per heavy atom. The molecule has 1 aliphatic rings. The predicted octanol–water partition coefficient (Wildman–Crippen LogP) is 2.80. The van der Waals surface area contributed by atoms with Gasteiger partial charge in [0.25, 0.3) is 11.8 Å². The molecule has 130 valence electrons. The smallest absolute Gasteiger partial charge is 0.277 e. The standard InChI is InChI=1S/C17H20Cl2N2O3/c1-3-4-7-21-16(23)14(12-6-5-11(18)10-13(12)19)15(17(21)24)20(2)8-9-22/h5-6,10,22H,3-4,7-9H2,1-2H3. The molecule has 0 atom stereocenters. The molecule has 1 aromatic carbocycles. The van der Waals surface area contributed by atoms with Crippen molar-refractivity contribution in [2.24, 2.45) is 0 Å². The quantitative estimate of drug-likeness (QED) is 0.749. The number of unbranched alkanes of at least 4 members (excludes halogenated alkanes) is 1. The Morgan fingerprint density at radius 2 is 1.92 bits per heavy atom. The van der Waals surface area contributed by atoms with Crippen LogP contribution in [0.2, 0.25) is 10.0 Å². The summed E-state index contributed by atoms with van der Waals surface area (Å²) in [6.45, 7) is 2.47. The fourth-order valence-corrected chi connectivity index (χ4v) is 3.14. The number of carbonyl (C=O) groups is 2. The summed E-state index contributed by atoms with van der Waals surface area (Å²) in [6, 6.07) is 4.81. The second-order valence-electron chi connectivity index (χ2n) is 5.61. The maximum absolute atomic E-state index is 12.8. The van der Waals surface area contributed by atoms with Crippen molar-refractivity contribution >= 4 is 40.6 Å². The minimum atomic E-state index is -0.363. The molecule has 0 unspecified atom stereocenters. The van der Waals surface area contributed by atoms with Crippen LogP contribution in [0.15, 0.2) is 23.9 Å². The molecule has 1 heterocycles. The summed E-state index contributed by atoms with van der Waals surface area (Å²) in [5.74, 6) is -0.720. The highest BCUT2D eigenvalue weighted by molar-refractivity contribution is 6.41. The highest BCUT2D eigenvalue weighted by Crippen LogP contribution is 2.35. The molecule has 0 saturated carbocycles. The Morgan fingerprint density at radius 1 is 1.21 bits per heavy atom. The van der Waals surface area contributed by atoms with E-state index in [0.29, 0.717) is 22.2 Å². The fraction of sp³-hybridized carbons (Fsp3) is 0.412. The lowest BCUT2D eigenvalue weighted by molar-refractivity contribution is -0.137. The van der Waals surface area contributed by atoms with Gasteiger partial charge in [-0.05, 0) is 18.6 Å². The first kappa shape index (κ1) is 18.8. The van der Waals surface area contributed by atoms with Gasteiger partial charge in [-0.1, -0.05) is 42.6 Å². The van der Waals surface area contributed by atoms with E-state index in [0.717, 1.165) is 12.8 Å². The molecule has 0 saturated heterocycles. The zero-order valence-electron chi connectivity index (χ0n) is 13.7. The Labute approximate surface area is 151 Å². The Balaban J connectivity index is 2.54. The average molecular weight is 371 g/mol. The van der Waals surface area contributed by atoms with Gasteiger partial charge in [0.15, 0.2) is 0 Å². The van der Waals surface area contributed by atoms with E-state index in [4.69, 9.17) is 23.2 Å². The van der Waals surface area contributed by atoms with Crippen molar-refractivity contribution < 1.29 is 14.7 Å². The van der Waals surface area contributed by atoms with Crippen LogP contribution in [0.25, 0.3) is 5.57 Å². The molecule has 1 N–H and O–H groups in total. The minimum absolute atomic E-state index is 0.127. The first-order valence-corrected chi connectivity index (χ1v) is 8.55. The molecule has 24 heavy (non-hydrogen) atoms. The van der Waals surface area contributed by atoms with E-state index >= 15 is 0 Å². The third-order valence-electron chi connectivity index (χ3n) is 3.90. The third-order valence-corrected chi connectivity index (χ3v) is 4.44. The molecule has 0 spiro atoms. The van der Waals surface area contributed by atoms with Crippen molar-refractivity contribution in [1.29, 1.82) is 0 Å². The molecule has 2 amide bonds. The zero-order chi connectivity index (χ0) is 17.9. The van der Waals surface area contributed by atoms with Crippen LogP contribution < -0.4 is 0 Å². The largest absolute Gasteiger partial charge is 0.395 e. The number of hydrogen-bond donors (Lipinski definition) is 1. The second kappa shape index (κ2) is 8.01. The molecule has 0 fully saturated rings. The highest BCUT2D eigenvalue weighted by Gasteiger charge is 2.40. The Bertz CT molecular complexity index is 688. The van der Waals surface area contributed by atoms with Crippen molar-refractivity contribution in [3.63, 3.8) is 0 Å². The number of hydrogen-bond acceptors (Lipinski definition) is 4. The van der Waals surface area contributed by atoms with Gasteiger partial charge in [0, 0.05) is 30.7 Å². The van der Waals surface area contributed by atoms with Crippen LogP contribution in [-0.4, -0.2) is 53.5 Å². The molecule has 1 aliphatic heterocycles. The highest BCUT2D eigenvalue weighted by atomic mass is 35.5. The van der Waals surface area contributed by atoms with E-state index in [-0.39, 0.29) is 36.2 Å². The Hall–Kier alpha value is -1.56. The molecule has 2 rings (SSSR count). The van der Waals surface area contributed by atoms with Gasteiger partial charge in [-0.15, -0.1) is 0 Å². The van der Waals surface area contributed by atoms with Crippen molar-refractivity contribution in [3.8, 4) is 0 Å². The molecule has 7 heteroatoms. The van der Waals surface area contributed by atoms with Gasteiger partial charge >= 0.3 is 0 Å². The summed E-state index contributed by atoms with van der Waals surface area (Å²) in [4.78, 5) is 28.4. The van der Waals surface area contributed by atoms with Gasteiger partial charge in [0.2, 0.25) is 0 Å². The average Bonchev–Trinajstić information content (AvgIpc) is 2.77. The van der Waals surface area contributed by atoms with Crippen LogP contribution >= 0.6 is 23.2 Å². The summed E-state index contributed by atoms with van der Waals surface area (Å²) < 4.78 is 0. The predicted molar refractivity (Wildman–Crippen MR) is 94.7 cm³/mol. The van der Waals surface area contributed by atoms with Crippen LogP contribution in [0.3, 0.4) is 0 Å². The van der Waals surface area contributed by atoms with Crippen molar-refractivity contribution in [2.75, 3.05) is 26.7 Å². The monoisotopic (exact) mass is 370 g/mol. The zero-order valence-corrected chi connectivity index (χ0v) is 15.2. The lowest BCUT2D eigenvalue weighted by atomic mass is 10.0. The number of halogens is 2. The normalized spacial score (nSPS) is 14.8. The van der Waals surface area contributed by atoms with Gasteiger partial charge in [-0.25, -0.2) is 0 Å². The molecule has 5 nitrogen and oxygen atoms in total. The molecule has 0 bridgehead atoms. The lowest BCUT2D eigenvalue weighted by Gasteiger charge is -2.20. The van der Waals surface area contributed by atoms with Crippen molar-refractivity contribution in [1.82, 2.24) is 9.80 Å². The molecule has 0 aliphatic carbocycles. The van der Waals surface area contributed by atoms with Gasteiger partial charge in [-0.2, -0.15) is 0 Å². The number of aliphatic hydroxyl groups is 1. The van der Waals surface area contributed by atoms with Crippen molar-refractivity contribution in [3.05, 3.63) is 39.5 Å². The number of nitrogens with zero attached hydrogens (tertiary/aromatic N) is 2. The number of benzene rings is 1. The van der Waals surface area contributed by atoms with Crippen LogP contribution in [0.4, 0.5) is 0 Å². The van der Waals surface area contributed by atoms with Gasteiger partial charge < -0.3 is 10.0 Å². The topological polar surface area (TPSA) is 60.9 Å². The van der Waals surface area contributed by atoms with Crippen LogP contribution in [0.5, 0.6) is 0 Å². The number of amides is 2. The van der Waals surface area contributed by atoms with E-state index in [2.05, 4.69) is 0 Å². The minimum Gasteiger partial charge on any atom is -0.395 e. The molecular formula is C17H20Cl2N2O3. The first-order chi connectivity index (χ1) is 11.4. The third kappa shape index (κ3) is 3.58. The number of aliphatic hydroxyl groups excluding tert-OH is 1. The van der Waals surface area contributed by atoms with Crippen LogP contribution in [0.1, 0.15) is 25.3 Å². The summed E-state index contributed by atoms with van der Waals surface area (Å²) in [7, 11) is 1.67. The Kier molecular flexibility index (Phi) is 6.27. The SMILES string of the molecule is CCCCN1C(=O)C(c2ccc(Cl)cc2Cl)=C(N(C)CCO)C1=O. The van der Waals surface area contributed by atoms with Crippen LogP contribution in [0, 0.1) is 0 Å². The van der Waals surface area contributed by atoms with Gasteiger partial charge in [0.1, 0.15) is 5.70 Å². The van der Waals surface area contributed by atoms with E-state index < -0.39 is 0 Å². The summed E-state index contributed by atoms with van der Waals surface area (Å²) >= 11 is 12.2. The van der Waals surface area contributed by atoms with Gasteiger partial charge in [0.05, 0.1) is 17.2 Å². The summed E-state index contributed by atoms with van der Waals surface area (Å²) in [6.07, 6.45) is 1.60. The van der Waals surface area contributed by atoms with Gasteiger partial charge in [-0.3, -0.25) is 14.5 Å². The number of likely N-dealkylation sites (N-methyl/N-ethyl adjacent to an activating group) is 1. The van der Waals surface area contributed by atoms with E-state index in [9.17, 15) is 14.7 Å². The van der Waals surface area contributed by atoms with E-state index in [1.54, 1.807) is 30.1 Å². The molecule has 0 aromatic heterocycles. The molecular weight excluding hydrogens is 351 g/mol. The maximum atomic E-state index is 12.8. The number of rotatable bonds is 7. The van der Waals surface area contributed by atoms with E-state index in [1.807, 2.05) is 6.92 Å². The number of imide groups is 1. The van der Waals surface area contributed by atoms with Crippen LogP contribution in [-0.2, 0) is 9.59 Å². The lowest BCUT2D eigenvalue weighted by Crippen LogP contribution is -2.35. The fourth-order valence-electron chi connectivity index (χ4n) is 2.63. The summed E-state index contributed by atoms with van der Waals surface area (Å²) in [5, 5.41) is 9.95. The molecule has 1 aromatic rings. The molecule has 0 radical (unpaired) electrons. The van der Waals surface area contributed by atoms with Crippen molar-refractivity contribution in [2.45, 2.75) is 19.8 Å².